The van der Waals surface area contributed by atoms with Gasteiger partial charge in [0.1, 0.15) is 17.0 Å². The zero-order chi connectivity index (χ0) is 34.8. The molecule has 0 aliphatic heterocycles. The van der Waals surface area contributed by atoms with Crippen molar-refractivity contribution in [1.82, 2.24) is 29.7 Å². The second kappa shape index (κ2) is 15.9. The molecule has 0 saturated carbocycles. The van der Waals surface area contributed by atoms with Gasteiger partial charge in [0.25, 0.3) is 0 Å². The number of imidazole rings is 2. The first-order valence-corrected chi connectivity index (χ1v) is 15.7. The molecule has 4 aromatic rings. The minimum absolute atomic E-state index is 0.333. The van der Waals surface area contributed by atoms with E-state index in [4.69, 9.17) is 9.47 Å². The van der Waals surface area contributed by atoms with Crippen LogP contribution in [0.25, 0.3) is 22.3 Å². The maximum absolute atomic E-state index is 12.7. The van der Waals surface area contributed by atoms with Crippen molar-refractivity contribution in [1.29, 1.82) is 0 Å². The molecule has 2 heterocycles. The lowest BCUT2D eigenvalue weighted by molar-refractivity contribution is 0.0224. The van der Waals surface area contributed by atoms with Gasteiger partial charge in [-0.25, -0.2) is 19.6 Å². The van der Waals surface area contributed by atoms with E-state index in [2.05, 4.69) is 44.6 Å². The highest BCUT2D eigenvalue weighted by Gasteiger charge is 2.24. The van der Waals surface area contributed by atoms with Crippen molar-refractivity contribution in [2.45, 2.75) is 86.1 Å². The molecule has 0 atom stereocenters. The molecule has 10 heteroatoms. The van der Waals surface area contributed by atoms with Crippen LogP contribution in [0, 0.1) is 24.7 Å². The molecule has 0 unspecified atom stereocenters. The number of carbonyl (C=O) groups is 2. The summed E-state index contributed by atoms with van der Waals surface area (Å²) >= 11 is 0. The van der Waals surface area contributed by atoms with E-state index >= 15 is 0 Å². The Kier molecular flexibility index (Phi) is 12.2. The summed E-state index contributed by atoms with van der Waals surface area (Å²) in [6.45, 7) is 16.9. The molecule has 2 aromatic carbocycles. The Bertz CT molecular complexity index is 1730. The van der Waals surface area contributed by atoms with Crippen LogP contribution in [0.4, 0.5) is 9.59 Å². The summed E-state index contributed by atoms with van der Waals surface area (Å²) in [6.07, 6.45) is 9.74. The van der Waals surface area contributed by atoms with Gasteiger partial charge in [0.05, 0.1) is 41.8 Å². The summed E-state index contributed by atoms with van der Waals surface area (Å²) in [7, 11) is 0. The predicted molar refractivity (Wildman–Crippen MR) is 185 cm³/mol. The maximum atomic E-state index is 12.7. The summed E-state index contributed by atoms with van der Waals surface area (Å²) in [5.74, 6) is 7.16. The minimum atomic E-state index is -0.565. The molecular formula is C37H46N6O4. The number of carbonyl (C=O) groups excluding carboxylic acids is 2. The van der Waals surface area contributed by atoms with E-state index in [1.54, 1.807) is 16.1 Å². The van der Waals surface area contributed by atoms with Gasteiger partial charge < -0.3 is 29.2 Å². The summed E-state index contributed by atoms with van der Waals surface area (Å²) in [5, 5.41) is 0. The Morgan fingerprint density at radius 1 is 0.851 bits per heavy atom. The molecule has 0 fully saturated rings. The average molecular weight is 639 g/mol. The number of ether oxygens (including phenoxy) is 2. The Hall–Kier alpha value is -5.22. The first-order valence-electron chi connectivity index (χ1n) is 15.7. The highest BCUT2D eigenvalue weighted by Crippen LogP contribution is 2.23. The van der Waals surface area contributed by atoms with Gasteiger partial charge in [-0.1, -0.05) is 30.9 Å². The number of hydrogen-bond donors (Lipinski definition) is 2. The van der Waals surface area contributed by atoms with Crippen LogP contribution < -0.4 is 0 Å². The lowest BCUT2D eigenvalue weighted by atomic mass is 10.1. The second-order valence-electron chi connectivity index (χ2n) is 12.9. The lowest BCUT2D eigenvalue weighted by Gasteiger charge is -2.26. The van der Waals surface area contributed by atoms with Crippen molar-refractivity contribution in [3.63, 3.8) is 0 Å². The third-order valence-electron chi connectivity index (χ3n) is 6.63. The zero-order valence-corrected chi connectivity index (χ0v) is 28.7. The number of rotatable bonds is 8. The number of nitrogens with zero attached hydrogens (tertiary/aromatic N) is 4. The third-order valence-corrected chi connectivity index (χ3v) is 6.63. The molecule has 10 nitrogen and oxygen atoms in total. The topological polar surface area (TPSA) is 116 Å². The molecule has 4 rings (SSSR count). The fraction of sp³-hybridized carbons (Fsp3) is 0.405. The highest BCUT2D eigenvalue weighted by molar-refractivity contribution is 5.77. The van der Waals surface area contributed by atoms with Crippen LogP contribution in [0.3, 0.4) is 0 Å². The average Bonchev–Trinajstić information content (AvgIpc) is 3.64. The van der Waals surface area contributed by atoms with Gasteiger partial charge in [-0.2, -0.15) is 0 Å². The van der Waals surface area contributed by atoms with Crippen LogP contribution in [0.1, 0.15) is 84.5 Å². The van der Waals surface area contributed by atoms with Gasteiger partial charge in [0.15, 0.2) is 0 Å². The fourth-order valence-corrected chi connectivity index (χ4v) is 4.60. The van der Waals surface area contributed by atoms with Gasteiger partial charge in [0.2, 0.25) is 0 Å². The number of nitrogens with one attached hydrogen (secondary N) is 2. The van der Waals surface area contributed by atoms with Gasteiger partial charge in [-0.3, -0.25) is 0 Å². The van der Waals surface area contributed by atoms with E-state index in [1.165, 1.54) is 0 Å². The molecule has 0 spiro atoms. The van der Waals surface area contributed by atoms with Crippen LogP contribution in [-0.4, -0.2) is 66.2 Å². The standard InChI is InChI=1S/C35H44N6O4.C2H2/c1-9-19-41(33(43)45-35(6,7)8)22-30-38-27-18-15-25(20-28(27)39-30)12-11-24-13-16-26(17-14-24)31-29(36-23-37-31)21-40(10-2)32(42)44-34(3,4)5;1-2/h13-18,20,23H,9-10,19,21-22H2,1-8H3,(H,36,37)(H,38,39);1-2H. The van der Waals surface area contributed by atoms with Crippen LogP contribution >= 0.6 is 0 Å². The third kappa shape index (κ3) is 10.7. The van der Waals surface area contributed by atoms with Crippen LogP contribution in [0.15, 0.2) is 48.8 Å². The summed E-state index contributed by atoms with van der Waals surface area (Å²) in [6, 6.07) is 13.7. The van der Waals surface area contributed by atoms with E-state index in [-0.39, 0.29) is 12.2 Å². The second-order valence-corrected chi connectivity index (χ2v) is 12.9. The largest absolute Gasteiger partial charge is 0.444 e. The molecule has 0 saturated heterocycles. The molecular weight excluding hydrogens is 592 g/mol. The Labute approximate surface area is 278 Å². The lowest BCUT2D eigenvalue weighted by Crippen LogP contribution is -2.37. The van der Waals surface area contributed by atoms with Crippen molar-refractivity contribution in [2.24, 2.45) is 0 Å². The quantitative estimate of drug-likeness (QED) is 0.193. The van der Waals surface area contributed by atoms with Gasteiger partial charge in [0, 0.05) is 29.8 Å². The van der Waals surface area contributed by atoms with Crippen molar-refractivity contribution in [3.05, 3.63) is 71.4 Å². The highest BCUT2D eigenvalue weighted by atomic mass is 16.6. The van der Waals surface area contributed by atoms with Crippen molar-refractivity contribution in [3.8, 4) is 35.9 Å². The van der Waals surface area contributed by atoms with E-state index in [1.807, 2.05) is 97.9 Å². The number of H-pyrrole nitrogens is 2. The molecule has 0 aliphatic carbocycles. The van der Waals surface area contributed by atoms with E-state index < -0.39 is 11.2 Å². The van der Waals surface area contributed by atoms with Crippen LogP contribution in [0.5, 0.6) is 0 Å². The smallest absolute Gasteiger partial charge is 0.410 e. The maximum Gasteiger partial charge on any atom is 0.410 e. The summed E-state index contributed by atoms with van der Waals surface area (Å²) in [5.41, 5.74) is 4.77. The molecule has 0 bridgehead atoms. The van der Waals surface area contributed by atoms with Gasteiger partial charge in [-0.15, -0.1) is 12.8 Å². The van der Waals surface area contributed by atoms with E-state index in [9.17, 15) is 9.59 Å². The summed E-state index contributed by atoms with van der Waals surface area (Å²) in [4.78, 5) is 44.3. The fourth-order valence-electron chi connectivity index (χ4n) is 4.60. The van der Waals surface area contributed by atoms with Crippen molar-refractivity contribution < 1.29 is 19.1 Å². The molecule has 248 valence electrons. The molecule has 0 radical (unpaired) electrons. The number of hydrogen-bond acceptors (Lipinski definition) is 6. The molecule has 2 aromatic heterocycles. The number of terminal acetylenes is 1. The Balaban J connectivity index is 0.00000294. The van der Waals surface area contributed by atoms with Crippen molar-refractivity contribution in [2.75, 3.05) is 13.1 Å². The van der Waals surface area contributed by atoms with Crippen molar-refractivity contribution >= 4 is 23.2 Å². The molecule has 2 N–H and O–H groups in total. The Morgan fingerprint density at radius 2 is 1.45 bits per heavy atom. The number of benzene rings is 2. The molecule has 2 amide bonds. The van der Waals surface area contributed by atoms with E-state index in [0.29, 0.717) is 32.0 Å². The van der Waals surface area contributed by atoms with Crippen LogP contribution in [0.2, 0.25) is 0 Å². The Morgan fingerprint density at radius 3 is 2.04 bits per heavy atom. The van der Waals surface area contributed by atoms with E-state index in [0.717, 1.165) is 45.5 Å². The van der Waals surface area contributed by atoms with Gasteiger partial charge >= 0.3 is 12.2 Å². The molecule has 0 aliphatic rings. The normalized spacial score (nSPS) is 11.1. The number of fused-ring (bicyclic) bond motifs is 1. The number of aromatic nitrogens is 4. The molecule has 47 heavy (non-hydrogen) atoms. The first kappa shape index (κ1) is 36.3. The first-order chi connectivity index (χ1) is 22.2. The SMILES string of the molecule is C#C.CCCN(Cc1nc2ccc(C#Cc3ccc(-c4nc[nH]c4CN(CC)C(=O)OC(C)(C)C)cc3)cc2[nH]1)C(=O)OC(C)(C)C. The predicted octanol–water partition coefficient (Wildman–Crippen LogP) is 7.51. The van der Waals surface area contributed by atoms with Crippen LogP contribution in [-0.2, 0) is 22.6 Å². The monoisotopic (exact) mass is 638 g/mol. The number of aromatic amines is 2. The minimum Gasteiger partial charge on any atom is -0.444 e. The zero-order valence-electron chi connectivity index (χ0n) is 28.7. The van der Waals surface area contributed by atoms with Gasteiger partial charge in [-0.05, 0) is 85.2 Å². The summed E-state index contributed by atoms with van der Waals surface area (Å²) < 4.78 is 11.1. The number of amides is 2.